The lowest BCUT2D eigenvalue weighted by Crippen LogP contribution is -2.33. The minimum atomic E-state index is -0.216. The molecule has 0 aliphatic rings. The topological polar surface area (TPSA) is 50.4 Å². The van der Waals surface area contributed by atoms with E-state index in [1.807, 2.05) is 13.0 Å². The van der Waals surface area contributed by atoms with Crippen molar-refractivity contribution in [1.82, 2.24) is 5.32 Å². The Kier molecular flexibility index (Phi) is 8.36. The Bertz CT molecular complexity index is 418. The van der Waals surface area contributed by atoms with Gasteiger partial charge in [-0.1, -0.05) is 24.3 Å². The highest BCUT2D eigenvalue weighted by atomic mass is 127. The molecule has 0 saturated carbocycles. The number of nitrogens with zero attached hydrogens (tertiary/aromatic N) is 1. The molecule has 100 valence electrons. The monoisotopic (exact) mass is 363 g/mol. The number of rotatable bonds is 5. The van der Waals surface area contributed by atoms with Gasteiger partial charge in [-0.2, -0.15) is 0 Å². The van der Waals surface area contributed by atoms with Gasteiger partial charge in [0.25, 0.3) is 0 Å². The number of guanidine groups is 1. The molecule has 0 spiro atoms. The summed E-state index contributed by atoms with van der Waals surface area (Å²) in [6.45, 7) is 6.79. The number of halogens is 2. The molecule has 3 N–H and O–H groups in total. The molecule has 0 unspecified atom stereocenters. The van der Waals surface area contributed by atoms with Crippen molar-refractivity contribution < 1.29 is 4.39 Å². The van der Waals surface area contributed by atoms with Crippen LogP contribution in [0.25, 0.3) is 0 Å². The van der Waals surface area contributed by atoms with E-state index in [0.717, 1.165) is 11.1 Å². The van der Waals surface area contributed by atoms with Crippen LogP contribution in [0.1, 0.15) is 12.5 Å². The van der Waals surface area contributed by atoms with Crippen molar-refractivity contribution >= 4 is 29.9 Å². The molecule has 0 fully saturated rings. The van der Waals surface area contributed by atoms with E-state index in [4.69, 9.17) is 5.73 Å². The van der Waals surface area contributed by atoms with Crippen LogP contribution in [0.5, 0.6) is 0 Å². The van der Waals surface area contributed by atoms with Crippen LogP contribution in [-0.4, -0.2) is 19.0 Å². The first-order valence-corrected chi connectivity index (χ1v) is 5.50. The van der Waals surface area contributed by atoms with Gasteiger partial charge < -0.3 is 11.1 Å². The molecule has 3 nitrogen and oxygen atoms in total. The highest BCUT2D eigenvalue weighted by Gasteiger charge is 1.96. The van der Waals surface area contributed by atoms with Crippen LogP contribution in [0.15, 0.2) is 41.4 Å². The number of nitrogens with two attached hydrogens (primary N) is 1. The third kappa shape index (κ3) is 7.26. The Morgan fingerprint density at radius 2 is 2.22 bits per heavy atom. The van der Waals surface area contributed by atoms with E-state index >= 15 is 0 Å². The van der Waals surface area contributed by atoms with Gasteiger partial charge in [-0.05, 0) is 31.0 Å². The van der Waals surface area contributed by atoms with Gasteiger partial charge in [-0.25, -0.2) is 9.38 Å². The molecule has 1 aromatic carbocycles. The predicted octanol–water partition coefficient (Wildman–Crippen LogP) is 2.47. The lowest BCUT2D eigenvalue weighted by molar-refractivity contribution is 0.625. The summed E-state index contributed by atoms with van der Waals surface area (Å²) in [6, 6.07) is 6.53. The fourth-order valence-corrected chi connectivity index (χ4v) is 1.30. The third-order valence-electron chi connectivity index (χ3n) is 2.13. The fraction of sp³-hybridized carbons (Fsp3) is 0.308. The minimum absolute atomic E-state index is 0. The van der Waals surface area contributed by atoms with Crippen molar-refractivity contribution in [3.8, 4) is 0 Å². The first kappa shape index (κ1) is 16.9. The zero-order chi connectivity index (χ0) is 12.7. The quantitative estimate of drug-likeness (QED) is 0.366. The number of hydrogen-bond donors (Lipinski definition) is 2. The maximum atomic E-state index is 12.9. The summed E-state index contributed by atoms with van der Waals surface area (Å²) in [5.74, 6) is 0.177. The molecule has 0 heterocycles. The summed E-state index contributed by atoms with van der Waals surface area (Å²) < 4.78 is 12.9. The molecule has 0 aromatic heterocycles. The van der Waals surface area contributed by atoms with Crippen molar-refractivity contribution in [2.24, 2.45) is 10.7 Å². The second-order valence-electron chi connectivity index (χ2n) is 3.97. The van der Waals surface area contributed by atoms with Gasteiger partial charge in [0, 0.05) is 6.54 Å². The molecule has 0 amide bonds. The first-order valence-electron chi connectivity index (χ1n) is 5.50. The smallest absolute Gasteiger partial charge is 0.188 e. The Hall–Kier alpha value is -1.11. The molecule has 1 rings (SSSR count). The Balaban J connectivity index is 0.00000289. The van der Waals surface area contributed by atoms with Gasteiger partial charge in [0.2, 0.25) is 0 Å². The van der Waals surface area contributed by atoms with Crippen LogP contribution in [-0.2, 0) is 6.42 Å². The molecule has 5 heteroatoms. The average Bonchev–Trinajstić information content (AvgIpc) is 2.26. The van der Waals surface area contributed by atoms with E-state index in [1.54, 1.807) is 6.07 Å². The highest BCUT2D eigenvalue weighted by molar-refractivity contribution is 14.0. The molecule has 0 atom stereocenters. The summed E-state index contributed by atoms with van der Waals surface area (Å²) >= 11 is 0. The zero-order valence-electron chi connectivity index (χ0n) is 10.4. The molecule has 18 heavy (non-hydrogen) atoms. The van der Waals surface area contributed by atoms with Gasteiger partial charge in [0.1, 0.15) is 5.82 Å². The van der Waals surface area contributed by atoms with Gasteiger partial charge in [-0.3, -0.25) is 0 Å². The molecule has 0 radical (unpaired) electrons. The summed E-state index contributed by atoms with van der Waals surface area (Å²) in [6.07, 6.45) is 0.709. The maximum Gasteiger partial charge on any atom is 0.188 e. The summed E-state index contributed by atoms with van der Waals surface area (Å²) in [4.78, 5) is 4.08. The van der Waals surface area contributed by atoms with E-state index in [2.05, 4.69) is 16.9 Å². The normalized spacial score (nSPS) is 10.7. The van der Waals surface area contributed by atoms with E-state index in [-0.39, 0.29) is 29.8 Å². The molecule has 1 aromatic rings. The fourth-order valence-electron chi connectivity index (χ4n) is 1.30. The molecule has 0 aliphatic heterocycles. The van der Waals surface area contributed by atoms with Crippen molar-refractivity contribution in [3.05, 3.63) is 47.8 Å². The highest BCUT2D eigenvalue weighted by Crippen LogP contribution is 2.03. The van der Waals surface area contributed by atoms with Crippen LogP contribution < -0.4 is 11.1 Å². The SMILES string of the molecule is C=C(C)CN=C(N)NCCc1cccc(F)c1.I. The van der Waals surface area contributed by atoms with Crippen molar-refractivity contribution in [3.63, 3.8) is 0 Å². The molecular formula is C13H19FIN3. The number of hydrogen-bond acceptors (Lipinski definition) is 1. The standard InChI is InChI=1S/C13H18FN3.HI/c1-10(2)9-17-13(15)16-7-6-11-4-3-5-12(14)8-11;/h3-5,8H,1,6-7,9H2,2H3,(H3,15,16,17);1H. The lowest BCUT2D eigenvalue weighted by atomic mass is 10.1. The van der Waals surface area contributed by atoms with Gasteiger partial charge in [0.05, 0.1) is 6.54 Å². The average molecular weight is 363 g/mol. The Morgan fingerprint density at radius 1 is 1.50 bits per heavy atom. The van der Waals surface area contributed by atoms with Crippen molar-refractivity contribution in [1.29, 1.82) is 0 Å². The maximum absolute atomic E-state index is 12.9. The summed E-state index contributed by atoms with van der Waals surface area (Å²) in [5.41, 5.74) is 7.53. The van der Waals surface area contributed by atoms with Gasteiger partial charge in [0.15, 0.2) is 5.96 Å². The summed E-state index contributed by atoms with van der Waals surface area (Å²) in [5, 5.41) is 2.97. The second-order valence-corrected chi connectivity index (χ2v) is 3.97. The second kappa shape index (κ2) is 8.91. The Labute approximate surface area is 124 Å². The van der Waals surface area contributed by atoms with Crippen LogP contribution in [0.2, 0.25) is 0 Å². The predicted molar refractivity (Wildman–Crippen MR) is 84.8 cm³/mol. The minimum Gasteiger partial charge on any atom is -0.370 e. The molecular weight excluding hydrogens is 344 g/mol. The Morgan fingerprint density at radius 3 is 2.83 bits per heavy atom. The van der Waals surface area contributed by atoms with Crippen molar-refractivity contribution in [2.45, 2.75) is 13.3 Å². The van der Waals surface area contributed by atoms with E-state index in [0.29, 0.717) is 25.5 Å². The van der Waals surface area contributed by atoms with Crippen molar-refractivity contribution in [2.75, 3.05) is 13.1 Å². The van der Waals surface area contributed by atoms with E-state index < -0.39 is 0 Å². The van der Waals surface area contributed by atoms with Crippen LogP contribution >= 0.6 is 24.0 Å². The van der Waals surface area contributed by atoms with E-state index in [1.165, 1.54) is 12.1 Å². The van der Waals surface area contributed by atoms with Gasteiger partial charge in [-0.15, -0.1) is 24.0 Å². The lowest BCUT2D eigenvalue weighted by Gasteiger charge is -2.05. The van der Waals surface area contributed by atoms with Crippen LogP contribution in [0.3, 0.4) is 0 Å². The third-order valence-corrected chi connectivity index (χ3v) is 2.13. The zero-order valence-corrected chi connectivity index (χ0v) is 12.8. The van der Waals surface area contributed by atoms with E-state index in [9.17, 15) is 4.39 Å². The number of benzene rings is 1. The largest absolute Gasteiger partial charge is 0.370 e. The van der Waals surface area contributed by atoms with Crippen LogP contribution in [0.4, 0.5) is 4.39 Å². The molecule has 0 bridgehead atoms. The van der Waals surface area contributed by atoms with Gasteiger partial charge >= 0.3 is 0 Å². The summed E-state index contributed by atoms with van der Waals surface area (Å²) in [7, 11) is 0. The first-order chi connectivity index (χ1) is 8.08. The molecule has 0 saturated heterocycles. The number of nitrogens with one attached hydrogen (secondary N) is 1. The van der Waals surface area contributed by atoms with Crippen LogP contribution in [0, 0.1) is 5.82 Å². The molecule has 0 aliphatic carbocycles. The number of aliphatic imine (C=N–C) groups is 1.